The van der Waals surface area contributed by atoms with Crippen LogP contribution in [0, 0.1) is 23.3 Å². The van der Waals surface area contributed by atoms with Crippen LogP contribution in [0.2, 0.25) is 0 Å². The van der Waals surface area contributed by atoms with Crippen LogP contribution >= 0.6 is 11.8 Å². The van der Waals surface area contributed by atoms with E-state index in [0.717, 1.165) is 42.1 Å². The molecule has 1 aliphatic heterocycles. The molecule has 0 aliphatic carbocycles. The average molecular weight is 532 g/mol. The molecule has 11 heteroatoms. The molecule has 0 saturated heterocycles. The maximum absolute atomic E-state index is 15.0. The van der Waals surface area contributed by atoms with Gasteiger partial charge in [-0.15, -0.1) is 11.8 Å². The average Bonchev–Trinajstić information content (AvgIpc) is 2.96. The van der Waals surface area contributed by atoms with Crippen molar-refractivity contribution in [1.82, 2.24) is 4.90 Å². The molecular weight excluding hydrogens is 510 g/mol. The highest BCUT2D eigenvalue weighted by molar-refractivity contribution is 7.99. The number of carbonyl (C=O) groups is 3. The van der Waals surface area contributed by atoms with Gasteiger partial charge >= 0.3 is 0 Å². The van der Waals surface area contributed by atoms with Crippen molar-refractivity contribution in [3.05, 3.63) is 95.1 Å². The van der Waals surface area contributed by atoms with Crippen molar-refractivity contribution in [2.24, 2.45) is 5.73 Å². The van der Waals surface area contributed by atoms with Crippen LogP contribution in [0.4, 0.5) is 23.2 Å². The normalized spacial score (nSPS) is 17.8. The Morgan fingerprint density at radius 3 is 2.35 bits per heavy atom. The van der Waals surface area contributed by atoms with Gasteiger partial charge in [0.25, 0.3) is 0 Å². The number of anilines is 1. The number of benzene rings is 3. The zero-order chi connectivity index (χ0) is 26.9. The summed E-state index contributed by atoms with van der Waals surface area (Å²) in [6.45, 7) is 1.29. The fourth-order valence-electron chi connectivity index (χ4n) is 4.04. The van der Waals surface area contributed by atoms with Gasteiger partial charge in [0.15, 0.2) is 0 Å². The van der Waals surface area contributed by atoms with Gasteiger partial charge in [0.05, 0.1) is 23.4 Å². The molecule has 3 amide bonds. The first-order valence-corrected chi connectivity index (χ1v) is 12.0. The molecule has 3 aromatic rings. The van der Waals surface area contributed by atoms with Gasteiger partial charge in [0.2, 0.25) is 17.7 Å². The first-order valence-electron chi connectivity index (χ1n) is 11.1. The van der Waals surface area contributed by atoms with Gasteiger partial charge in [-0.2, -0.15) is 0 Å². The first-order chi connectivity index (χ1) is 17.5. The van der Waals surface area contributed by atoms with Gasteiger partial charge in [-0.3, -0.25) is 19.3 Å². The molecule has 0 saturated carbocycles. The van der Waals surface area contributed by atoms with E-state index in [1.54, 1.807) is 24.3 Å². The standard InChI is InChI=1S/C26H21F4N3O3S/c1-13(31)26(36)33(22(34)10-14-8-16(28)11-17(29)9-14)23-24(18-12-15(27)6-7-19(18)30)37-21-5-3-2-4-20(21)32-25(23)35/h2-9,11-13,23-24H,10,31H2,1H3,(H,32,35)/t13-,23+,24-/m0/s1. The van der Waals surface area contributed by atoms with E-state index in [9.17, 15) is 27.6 Å². The largest absolute Gasteiger partial charge is 0.323 e. The molecule has 3 aromatic carbocycles. The summed E-state index contributed by atoms with van der Waals surface area (Å²) in [5.74, 6) is -6.35. The highest BCUT2D eigenvalue weighted by Gasteiger charge is 2.45. The van der Waals surface area contributed by atoms with E-state index >= 15 is 4.39 Å². The van der Waals surface area contributed by atoms with Crippen molar-refractivity contribution in [3.63, 3.8) is 0 Å². The quantitative estimate of drug-likeness (QED) is 0.478. The van der Waals surface area contributed by atoms with E-state index in [4.69, 9.17) is 5.73 Å². The number of nitrogens with one attached hydrogen (secondary N) is 1. The molecule has 0 bridgehead atoms. The first kappa shape index (κ1) is 26.4. The second-order valence-electron chi connectivity index (χ2n) is 8.48. The molecule has 0 spiro atoms. The van der Waals surface area contributed by atoms with Gasteiger partial charge in [-0.25, -0.2) is 17.6 Å². The van der Waals surface area contributed by atoms with Gasteiger partial charge < -0.3 is 11.1 Å². The highest BCUT2D eigenvalue weighted by Crippen LogP contribution is 2.46. The Morgan fingerprint density at radius 2 is 1.68 bits per heavy atom. The molecule has 6 nitrogen and oxygen atoms in total. The number of imide groups is 1. The Balaban J connectivity index is 1.86. The van der Waals surface area contributed by atoms with Crippen LogP contribution in [0.3, 0.4) is 0 Å². The third-order valence-electron chi connectivity index (χ3n) is 5.67. The van der Waals surface area contributed by atoms with E-state index in [2.05, 4.69) is 5.32 Å². The topological polar surface area (TPSA) is 92.5 Å². The fraction of sp³-hybridized carbons (Fsp3) is 0.192. The summed E-state index contributed by atoms with van der Waals surface area (Å²) < 4.78 is 56.7. The predicted octanol–water partition coefficient (Wildman–Crippen LogP) is 4.34. The molecular formula is C26H21F4N3O3S. The number of halogens is 4. The Bertz CT molecular complexity index is 1360. The lowest BCUT2D eigenvalue weighted by atomic mass is 10.00. The van der Waals surface area contributed by atoms with Gasteiger partial charge in [-0.1, -0.05) is 12.1 Å². The van der Waals surface area contributed by atoms with Crippen molar-refractivity contribution in [2.75, 3.05) is 5.32 Å². The van der Waals surface area contributed by atoms with Crippen LogP contribution in [-0.2, 0) is 20.8 Å². The molecule has 3 atom stereocenters. The summed E-state index contributed by atoms with van der Waals surface area (Å²) in [5, 5.41) is 1.35. The molecule has 192 valence electrons. The van der Waals surface area contributed by atoms with E-state index in [1.807, 2.05) is 0 Å². The number of amides is 3. The zero-order valence-electron chi connectivity index (χ0n) is 19.4. The Kier molecular flexibility index (Phi) is 7.65. The zero-order valence-corrected chi connectivity index (χ0v) is 20.2. The smallest absolute Gasteiger partial charge is 0.249 e. The molecule has 4 rings (SSSR count). The number of hydrogen-bond donors (Lipinski definition) is 2. The monoisotopic (exact) mass is 531 g/mol. The van der Waals surface area contributed by atoms with E-state index in [0.29, 0.717) is 21.5 Å². The highest BCUT2D eigenvalue weighted by atomic mass is 32.2. The Labute approximate surface area is 213 Å². The molecule has 0 unspecified atom stereocenters. The maximum atomic E-state index is 15.0. The number of rotatable bonds is 5. The summed E-state index contributed by atoms with van der Waals surface area (Å²) in [6.07, 6.45) is -0.660. The maximum Gasteiger partial charge on any atom is 0.249 e. The van der Waals surface area contributed by atoms with Crippen LogP contribution in [-0.4, -0.2) is 34.7 Å². The molecule has 1 heterocycles. The summed E-state index contributed by atoms with van der Waals surface area (Å²) in [6, 6.07) is 8.71. The van der Waals surface area contributed by atoms with Gasteiger partial charge in [-0.05, 0) is 55.0 Å². The SMILES string of the molecule is C[C@H](N)C(=O)N(C(=O)Cc1cc(F)cc(F)c1)[C@H]1C(=O)Nc2ccccc2S[C@H]1c1cc(F)ccc1F. The third-order valence-corrected chi connectivity index (χ3v) is 7.05. The molecule has 3 N–H and O–H groups in total. The van der Waals surface area contributed by atoms with Crippen LogP contribution in [0.15, 0.2) is 65.6 Å². The lowest BCUT2D eigenvalue weighted by molar-refractivity contribution is -0.151. The van der Waals surface area contributed by atoms with E-state index in [-0.39, 0.29) is 11.1 Å². The van der Waals surface area contributed by atoms with E-state index in [1.165, 1.54) is 6.92 Å². The second-order valence-corrected chi connectivity index (χ2v) is 9.66. The Hall–Kier alpha value is -3.70. The minimum atomic E-state index is -1.68. The predicted molar refractivity (Wildman–Crippen MR) is 129 cm³/mol. The van der Waals surface area contributed by atoms with E-state index < -0.39 is 64.7 Å². The Morgan fingerprint density at radius 1 is 1.00 bits per heavy atom. The van der Waals surface area contributed by atoms with Crippen LogP contribution in [0.25, 0.3) is 0 Å². The van der Waals surface area contributed by atoms with Crippen LogP contribution < -0.4 is 11.1 Å². The minimum Gasteiger partial charge on any atom is -0.323 e. The number of nitrogens with two attached hydrogens (primary N) is 1. The van der Waals surface area contributed by atoms with Crippen molar-refractivity contribution >= 4 is 35.2 Å². The summed E-state index contributed by atoms with van der Waals surface area (Å²) >= 11 is 0.955. The molecule has 37 heavy (non-hydrogen) atoms. The van der Waals surface area contributed by atoms with Crippen molar-refractivity contribution in [2.45, 2.75) is 35.6 Å². The number of thioether (sulfide) groups is 1. The van der Waals surface area contributed by atoms with Crippen molar-refractivity contribution in [3.8, 4) is 0 Å². The number of carbonyl (C=O) groups excluding carboxylic acids is 3. The summed E-state index contributed by atoms with van der Waals surface area (Å²) in [5.41, 5.74) is 5.79. The van der Waals surface area contributed by atoms with Crippen LogP contribution in [0.1, 0.15) is 23.3 Å². The molecule has 0 fully saturated rings. The summed E-state index contributed by atoms with van der Waals surface area (Å²) in [4.78, 5) is 41.3. The minimum absolute atomic E-state index is 0.0940. The fourth-order valence-corrected chi connectivity index (χ4v) is 5.40. The molecule has 1 aliphatic rings. The van der Waals surface area contributed by atoms with Crippen molar-refractivity contribution in [1.29, 1.82) is 0 Å². The lowest BCUT2D eigenvalue weighted by Crippen LogP contribution is -2.56. The van der Waals surface area contributed by atoms with Crippen LogP contribution in [0.5, 0.6) is 0 Å². The number of para-hydroxylation sites is 1. The second kappa shape index (κ2) is 10.7. The van der Waals surface area contributed by atoms with Gasteiger partial charge in [0, 0.05) is 16.5 Å². The lowest BCUT2D eigenvalue weighted by Gasteiger charge is -2.34. The number of nitrogens with zero attached hydrogens (tertiary/aromatic N) is 1. The molecule has 0 radical (unpaired) electrons. The van der Waals surface area contributed by atoms with Gasteiger partial charge in [0.1, 0.15) is 29.3 Å². The summed E-state index contributed by atoms with van der Waals surface area (Å²) in [7, 11) is 0. The van der Waals surface area contributed by atoms with Crippen molar-refractivity contribution < 1.29 is 31.9 Å². The third kappa shape index (κ3) is 5.67. The molecule has 0 aromatic heterocycles. The number of hydrogen-bond acceptors (Lipinski definition) is 5. The number of fused-ring (bicyclic) bond motifs is 1.